The molecule has 0 aliphatic carbocycles. The molecule has 10 heteroatoms. The second-order valence-corrected chi connectivity index (χ2v) is 7.46. The molecule has 0 spiro atoms. The quantitative estimate of drug-likeness (QED) is 0.566. The zero-order valence-corrected chi connectivity index (χ0v) is 17.8. The summed E-state index contributed by atoms with van der Waals surface area (Å²) in [5, 5.41) is 10.5. The van der Waals surface area contributed by atoms with Gasteiger partial charge in [-0.2, -0.15) is 0 Å². The van der Waals surface area contributed by atoms with E-state index < -0.39 is 6.17 Å². The van der Waals surface area contributed by atoms with E-state index in [2.05, 4.69) is 15.6 Å². The molecule has 168 valence electrons. The molecule has 0 radical (unpaired) electrons. The maximum Gasteiger partial charge on any atom is 0.273 e. The summed E-state index contributed by atoms with van der Waals surface area (Å²) in [4.78, 5) is 26.4. The number of likely N-dealkylation sites (tertiary alicyclic amines) is 1. The third-order valence-corrected chi connectivity index (χ3v) is 5.23. The van der Waals surface area contributed by atoms with E-state index in [1.807, 2.05) is 24.3 Å². The minimum atomic E-state index is -1.07. The highest BCUT2D eigenvalue weighted by atomic mass is 19.1. The number of hydrogen-bond acceptors (Lipinski definition) is 6. The third kappa shape index (κ3) is 6.24. The molecule has 1 aromatic carbocycles. The summed E-state index contributed by atoms with van der Waals surface area (Å²) in [7, 11) is 3.15. The Morgan fingerprint density at radius 3 is 2.74 bits per heavy atom. The molecule has 31 heavy (non-hydrogen) atoms. The number of halogens is 1. The highest BCUT2D eigenvalue weighted by Crippen LogP contribution is 2.23. The number of nitrogens with one attached hydrogen (secondary N) is 1. The topological polar surface area (TPSA) is 98.6 Å². The maximum atomic E-state index is 14.1. The standard InChI is InChI=1S/C21H28FN5O4/c1-30-10-9-23-21(29)19-14-26(25-24-19)13-17-11-16(22)12-27(17)20(28)8-5-15-3-6-18(31-2)7-4-15/h3-4,6-7,14,16-17H,5,8-13H2,1-2H3,(H,23,29)/t16-,17-/m0/s1. The SMILES string of the molecule is COCCNC(=O)c1cn(C[C@@H]2C[C@H](F)CN2C(=O)CCc2ccc(OC)cc2)nn1. The van der Waals surface area contributed by atoms with Crippen molar-refractivity contribution in [2.45, 2.75) is 38.0 Å². The van der Waals surface area contributed by atoms with Crippen molar-refractivity contribution in [2.75, 3.05) is 33.9 Å². The lowest BCUT2D eigenvalue weighted by Crippen LogP contribution is -2.38. The van der Waals surface area contributed by atoms with E-state index in [1.165, 1.54) is 10.9 Å². The average molecular weight is 433 g/mol. The largest absolute Gasteiger partial charge is 0.497 e. The van der Waals surface area contributed by atoms with Crippen LogP contribution < -0.4 is 10.1 Å². The summed E-state index contributed by atoms with van der Waals surface area (Å²) < 4.78 is 25.6. The zero-order chi connectivity index (χ0) is 22.2. The molecule has 1 aliphatic rings. The van der Waals surface area contributed by atoms with E-state index in [0.29, 0.717) is 26.0 Å². The van der Waals surface area contributed by atoms with Crippen molar-refractivity contribution < 1.29 is 23.5 Å². The summed E-state index contributed by atoms with van der Waals surface area (Å²) in [6, 6.07) is 7.21. The molecule has 1 saturated heterocycles. The van der Waals surface area contributed by atoms with Crippen LogP contribution >= 0.6 is 0 Å². The number of aryl methyl sites for hydroxylation is 1. The molecule has 1 fully saturated rings. The number of hydrogen-bond donors (Lipinski definition) is 1. The second kappa shape index (κ2) is 10.9. The molecular weight excluding hydrogens is 405 g/mol. The Balaban J connectivity index is 1.55. The summed E-state index contributed by atoms with van der Waals surface area (Å²) in [6.45, 7) is 1.12. The lowest BCUT2D eigenvalue weighted by Gasteiger charge is -2.24. The van der Waals surface area contributed by atoms with Gasteiger partial charge in [-0.1, -0.05) is 17.3 Å². The normalized spacial score (nSPS) is 18.2. The molecule has 0 unspecified atom stereocenters. The van der Waals surface area contributed by atoms with Gasteiger partial charge in [0.25, 0.3) is 5.91 Å². The van der Waals surface area contributed by atoms with Crippen LogP contribution in [0, 0.1) is 0 Å². The number of benzene rings is 1. The van der Waals surface area contributed by atoms with Gasteiger partial charge in [-0.15, -0.1) is 5.10 Å². The summed E-state index contributed by atoms with van der Waals surface area (Å²) in [6.07, 6.45) is 1.53. The number of alkyl halides is 1. The average Bonchev–Trinajstić information content (AvgIpc) is 3.39. The van der Waals surface area contributed by atoms with E-state index >= 15 is 0 Å². The van der Waals surface area contributed by atoms with Crippen molar-refractivity contribution in [3.8, 4) is 5.75 Å². The van der Waals surface area contributed by atoms with Crippen molar-refractivity contribution in [1.29, 1.82) is 0 Å². The van der Waals surface area contributed by atoms with Crippen LogP contribution in [-0.4, -0.2) is 77.8 Å². The third-order valence-electron chi connectivity index (χ3n) is 5.23. The molecule has 9 nitrogen and oxygen atoms in total. The van der Waals surface area contributed by atoms with Crippen LogP contribution in [0.2, 0.25) is 0 Å². The fourth-order valence-electron chi connectivity index (χ4n) is 3.59. The molecule has 0 bridgehead atoms. The minimum Gasteiger partial charge on any atom is -0.497 e. The van der Waals surface area contributed by atoms with E-state index in [-0.39, 0.29) is 43.1 Å². The van der Waals surface area contributed by atoms with Crippen molar-refractivity contribution in [3.05, 3.63) is 41.7 Å². The molecule has 1 aliphatic heterocycles. The van der Waals surface area contributed by atoms with Gasteiger partial charge in [0.1, 0.15) is 11.9 Å². The van der Waals surface area contributed by atoms with Crippen LogP contribution in [0.5, 0.6) is 5.75 Å². The van der Waals surface area contributed by atoms with Crippen molar-refractivity contribution >= 4 is 11.8 Å². The summed E-state index contributed by atoms with van der Waals surface area (Å²) in [5.74, 6) is 0.304. The minimum absolute atomic E-state index is 0.0746. The van der Waals surface area contributed by atoms with Gasteiger partial charge in [0.05, 0.1) is 39.0 Å². The van der Waals surface area contributed by atoms with Crippen LogP contribution in [-0.2, 0) is 22.5 Å². The number of ether oxygens (including phenoxy) is 2. The van der Waals surface area contributed by atoms with Crippen LogP contribution in [0.3, 0.4) is 0 Å². The molecule has 2 amide bonds. The van der Waals surface area contributed by atoms with Gasteiger partial charge in [-0.3, -0.25) is 9.59 Å². The number of nitrogens with zero attached hydrogens (tertiary/aromatic N) is 4. The number of carbonyl (C=O) groups excluding carboxylic acids is 2. The van der Waals surface area contributed by atoms with Crippen LogP contribution in [0.15, 0.2) is 30.5 Å². The predicted octanol–water partition coefficient (Wildman–Crippen LogP) is 1.23. The van der Waals surface area contributed by atoms with Gasteiger partial charge < -0.3 is 19.7 Å². The molecule has 2 aromatic rings. The summed E-state index contributed by atoms with van der Waals surface area (Å²) >= 11 is 0. The summed E-state index contributed by atoms with van der Waals surface area (Å²) in [5.41, 5.74) is 1.19. The van der Waals surface area contributed by atoms with Gasteiger partial charge in [0.2, 0.25) is 5.91 Å². The number of methoxy groups -OCH3 is 2. The smallest absolute Gasteiger partial charge is 0.273 e. The van der Waals surface area contributed by atoms with Crippen LogP contribution in [0.1, 0.15) is 28.9 Å². The van der Waals surface area contributed by atoms with Gasteiger partial charge in [0.15, 0.2) is 5.69 Å². The maximum absolute atomic E-state index is 14.1. The molecule has 0 saturated carbocycles. The Labute approximate surface area is 180 Å². The number of rotatable bonds is 10. The van der Waals surface area contributed by atoms with Crippen LogP contribution in [0.25, 0.3) is 0 Å². The Hall–Kier alpha value is -3.01. The van der Waals surface area contributed by atoms with Crippen molar-refractivity contribution in [1.82, 2.24) is 25.2 Å². The van der Waals surface area contributed by atoms with Gasteiger partial charge >= 0.3 is 0 Å². The molecule has 3 rings (SSSR count). The van der Waals surface area contributed by atoms with Crippen molar-refractivity contribution in [2.24, 2.45) is 0 Å². The van der Waals surface area contributed by atoms with Gasteiger partial charge in [-0.05, 0) is 24.1 Å². The van der Waals surface area contributed by atoms with Crippen LogP contribution in [0.4, 0.5) is 4.39 Å². The highest BCUT2D eigenvalue weighted by Gasteiger charge is 2.35. The Morgan fingerprint density at radius 2 is 2.03 bits per heavy atom. The van der Waals surface area contributed by atoms with E-state index in [1.54, 1.807) is 19.1 Å². The monoisotopic (exact) mass is 433 g/mol. The Bertz CT molecular complexity index is 873. The van der Waals surface area contributed by atoms with E-state index in [4.69, 9.17) is 9.47 Å². The molecule has 1 aromatic heterocycles. The van der Waals surface area contributed by atoms with Crippen molar-refractivity contribution in [3.63, 3.8) is 0 Å². The lowest BCUT2D eigenvalue weighted by atomic mass is 10.1. The number of aromatic nitrogens is 3. The first-order valence-electron chi connectivity index (χ1n) is 10.2. The number of carbonyl (C=O) groups is 2. The van der Waals surface area contributed by atoms with Gasteiger partial charge in [0, 0.05) is 26.5 Å². The lowest BCUT2D eigenvalue weighted by molar-refractivity contribution is -0.132. The van der Waals surface area contributed by atoms with E-state index in [0.717, 1.165) is 11.3 Å². The van der Waals surface area contributed by atoms with E-state index in [9.17, 15) is 14.0 Å². The zero-order valence-electron chi connectivity index (χ0n) is 17.8. The molecule has 2 heterocycles. The molecule has 1 N–H and O–H groups in total. The highest BCUT2D eigenvalue weighted by molar-refractivity contribution is 5.91. The second-order valence-electron chi connectivity index (χ2n) is 7.46. The fraction of sp³-hybridized carbons (Fsp3) is 0.524. The van der Waals surface area contributed by atoms with Gasteiger partial charge in [-0.25, -0.2) is 9.07 Å². The Kier molecular flexibility index (Phi) is 7.94. The predicted molar refractivity (Wildman–Crippen MR) is 111 cm³/mol. The first-order chi connectivity index (χ1) is 15.0. The molecule has 2 atom stereocenters. The Morgan fingerprint density at radius 1 is 1.26 bits per heavy atom. The first-order valence-corrected chi connectivity index (χ1v) is 10.2. The fourth-order valence-corrected chi connectivity index (χ4v) is 3.59. The first kappa shape index (κ1) is 22.7. The molecular formula is C21H28FN5O4. The number of amides is 2.